The third kappa shape index (κ3) is 3.77. The summed E-state index contributed by atoms with van der Waals surface area (Å²) in [6, 6.07) is 11.7. The van der Waals surface area contributed by atoms with Crippen LogP contribution in [0, 0.1) is 0 Å². The highest BCUT2D eigenvalue weighted by molar-refractivity contribution is 9.10. The fourth-order valence-corrected chi connectivity index (χ4v) is 3.75. The molecule has 0 atom stereocenters. The lowest BCUT2D eigenvalue weighted by molar-refractivity contribution is 0.466. The lowest BCUT2D eigenvalue weighted by atomic mass is 10.2. The molecule has 0 heterocycles. The molecule has 0 radical (unpaired) electrons. The molecule has 0 spiro atoms. The van der Waals surface area contributed by atoms with Crippen molar-refractivity contribution in [1.29, 1.82) is 0 Å². The van der Waals surface area contributed by atoms with E-state index in [1.807, 2.05) is 6.07 Å². The summed E-state index contributed by atoms with van der Waals surface area (Å²) >= 11 is 9.15. The van der Waals surface area contributed by atoms with E-state index >= 15 is 0 Å². The Morgan fingerprint density at radius 3 is 2.57 bits per heavy atom. The number of nitrogens with zero attached hydrogens (tertiary/aromatic N) is 1. The molecular weight excluding hydrogens is 376 g/mol. The van der Waals surface area contributed by atoms with Crippen molar-refractivity contribution in [2.75, 3.05) is 12.8 Å². The van der Waals surface area contributed by atoms with Gasteiger partial charge in [-0.15, -0.1) is 0 Å². The lowest BCUT2D eigenvalue weighted by Crippen LogP contribution is -2.26. The first-order valence-corrected chi connectivity index (χ1v) is 8.67. The Balaban J connectivity index is 2.28. The molecule has 2 aromatic carbocycles. The van der Waals surface area contributed by atoms with E-state index in [9.17, 15) is 8.42 Å². The van der Waals surface area contributed by atoms with Gasteiger partial charge in [-0.3, -0.25) is 0 Å². The molecule has 7 heteroatoms. The number of sulfonamides is 1. The van der Waals surface area contributed by atoms with Gasteiger partial charge in [-0.25, -0.2) is 8.42 Å². The first-order valence-electron chi connectivity index (χ1n) is 6.06. The van der Waals surface area contributed by atoms with Crippen molar-refractivity contribution >= 4 is 43.2 Å². The standard InChI is InChI=1S/C14H14BrClN2O2S/c1-18(9-10-3-2-4-11(16)7-10)21(19,20)12-5-6-14(17)13(15)8-12/h2-8H,9,17H2,1H3. The average Bonchev–Trinajstić information content (AvgIpc) is 2.41. The Hall–Kier alpha value is -1.08. The molecule has 2 rings (SSSR count). The monoisotopic (exact) mass is 388 g/mol. The quantitative estimate of drug-likeness (QED) is 0.814. The van der Waals surface area contributed by atoms with E-state index in [1.165, 1.54) is 23.5 Å². The number of halogens is 2. The first kappa shape index (κ1) is 16.3. The molecule has 0 aromatic heterocycles. The van der Waals surface area contributed by atoms with E-state index in [1.54, 1.807) is 24.3 Å². The Morgan fingerprint density at radius 1 is 1.24 bits per heavy atom. The molecule has 2 N–H and O–H groups in total. The second kappa shape index (κ2) is 6.36. The van der Waals surface area contributed by atoms with Gasteiger partial charge in [0.05, 0.1) is 4.90 Å². The molecule has 0 bridgehead atoms. The highest BCUT2D eigenvalue weighted by atomic mass is 79.9. The second-order valence-corrected chi connectivity index (χ2v) is 7.91. The van der Waals surface area contributed by atoms with E-state index in [0.717, 1.165) is 5.56 Å². The zero-order chi connectivity index (χ0) is 15.6. The molecule has 0 unspecified atom stereocenters. The van der Waals surface area contributed by atoms with Crippen molar-refractivity contribution in [3.8, 4) is 0 Å². The Kier molecular flexibility index (Phi) is 4.93. The van der Waals surface area contributed by atoms with Gasteiger partial charge in [-0.2, -0.15) is 4.31 Å². The second-order valence-electron chi connectivity index (χ2n) is 4.57. The van der Waals surface area contributed by atoms with Crippen LogP contribution in [0.25, 0.3) is 0 Å². The van der Waals surface area contributed by atoms with Gasteiger partial charge < -0.3 is 5.73 Å². The van der Waals surface area contributed by atoms with Crippen LogP contribution >= 0.6 is 27.5 Å². The largest absolute Gasteiger partial charge is 0.398 e. The zero-order valence-corrected chi connectivity index (χ0v) is 14.4. The van der Waals surface area contributed by atoms with Crippen molar-refractivity contribution in [2.24, 2.45) is 0 Å². The Labute approximate surface area is 137 Å². The van der Waals surface area contributed by atoms with Crippen LogP contribution in [0.1, 0.15) is 5.56 Å². The highest BCUT2D eigenvalue weighted by Gasteiger charge is 2.21. The minimum Gasteiger partial charge on any atom is -0.398 e. The molecule has 112 valence electrons. The van der Waals surface area contributed by atoms with Crippen molar-refractivity contribution in [3.05, 3.63) is 57.5 Å². The molecule has 0 amide bonds. The van der Waals surface area contributed by atoms with Crippen LogP contribution in [0.3, 0.4) is 0 Å². The van der Waals surface area contributed by atoms with Crippen molar-refractivity contribution in [1.82, 2.24) is 4.31 Å². The molecule has 0 aliphatic heterocycles. The number of anilines is 1. The van der Waals surface area contributed by atoms with E-state index in [-0.39, 0.29) is 11.4 Å². The molecule has 21 heavy (non-hydrogen) atoms. The van der Waals surface area contributed by atoms with Gasteiger partial charge in [0.2, 0.25) is 10.0 Å². The molecular formula is C14H14BrClN2O2S. The van der Waals surface area contributed by atoms with Crippen LogP contribution in [-0.4, -0.2) is 19.8 Å². The summed E-state index contributed by atoms with van der Waals surface area (Å²) in [7, 11) is -2.06. The minimum atomic E-state index is -3.58. The predicted molar refractivity (Wildman–Crippen MR) is 88.7 cm³/mol. The summed E-state index contributed by atoms with van der Waals surface area (Å²) in [5, 5.41) is 0.577. The van der Waals surface area contributed by atoms with Crippen molar-refractivity contribution in [2.45, 2.75) is 11.4 Å². The fraction of sp³-hybridized carbons (Fsp3) is 0.143. The molecule has 2 aromatic rings. The number of hydrogen-bond donors (Lipinski definition) is 1. The third-order valence-electron chi connectivity index (χ3n) is 2.97. The van der Waals surface area contributed by atoms with E-state index in [4.69, 9.17) is 17.3 Å². The summed E-state index contributed by atoms with van der Waals surface area (Å²) < 4.78 is 26.9. The molecule has 0 aliphatic rings. The molecule has 0 saturated carbocycles. The predicted octanol–water partition coefficient (Wildman–Crippen LogP) is 3.51. The van der Waals surface area contributed by atoms with E-state index in [2.05, 4.69) is 15.9 Å². The van der Waals surface area contributed by atoms with Crippen LogP contribution in [0.5, 0.6) is 0 Å². The van der Waals surface area contributed by atoms with Crippen LogP contribution in [0.2, 0.25) is 5.02 Å². The maximum Gasteiger partial charge on any atom is 0.243 e. The van der Waals surface area contributed by atoms with E-state index in [0.29, 0.717) is 15.2 Å². The van der Waals surface area contributed by atoms with Crippen molar-refractivity contribution in [3.63, 3.8) is 0 Å². The Morgan fingerprint density at radius 2 is 1.95 bits per heavy atom. The lowest BCUT2D eigenvalue weighted by Gasteiger charge is -2.18. The minimum absolute atomic E-state index is 0.188. The number of benzene rings is 2. The maximum absolute atomic E-state index is 12.5. The third-order valence-corrected chi connectivity index (χ3v) is 5.70. The topological polar surface area (TPSA) is 63.4 Å². The van der Waals surface area contributed by atoms with Gasteiger partial charge in [0.25, 0.3) is 0 Å². The highest BCUT2D eigenvalue weighted by Crippen LogP contribution is 2.25. The SMILES string of the molecule is CN(Cc1cccc(Cl)c1)S(=O)(=O)c1ccc(N)c(Br)c1. The van der Waals surface area contributed by atoms with E-state index < -0.39 is 10.0 Å². The van der Waals surface area contributed by atoms with Crippen LogP contribution in [0.4, 0.5) is 5.69 Å². The van der Waals surface area contributed by atoms with Gasteiger partial charge in [-0.05, 0) is 51.8 Å². The zero-order valence-electron chi connectivity index (χ0n) is 11.3. The summed E-state index contributed by atoms with van der Waals surface area (Å²) in [4.78, 5) is 0.188. The van der Waals surface area contributed by atoms with Crippen LogP contribution in [0.15, 0.2) is 51.8 Å². The van der Waals surface area contributed by atoms with Crippen LogP contribution in [-0.2, 0) is 16.6 Å². The summed E-state index contributed by atoms with van der Waals surface area (Å²) in [5.41, 5.74) is 6.99. The number of nitrogen functional groups attached to an aromatic ring is 1. The molecule has 0 saturated heterocycles. The average molecular weight is 390 g/mol. The molecule has 4 nitrogen and oxygen atoms in total. The number of hydrogen-bond acceptors (Lipinski definition) is 3. The summed E-state index contributed by atoms with van der Waals surface area (Å²) in [5.74, 6) is 0. The molecule has 0 aliphatic carbocycles. The normalized spacial score (nSPS) is 11.8. The van der Waals surface area contributed by atoms with Crippen LogP contribution < -0.4 is 5.73 Å². The summed E-state index contributed by atoms with van der Waals surface area (Å²) in [6.07, 6.45) is 0. The smallest absolute Gasteiger partial charge is 0.243 e. The Bertz CT molecular complexity index is 765. The summed E-state index contributed by atoms with van der Waals surface area (Å²) in [6.45, 7) is 0.241. The van der Waals surface area contributed by atoms with Gasteiger partial charge >= 0.3 is 0 Å². The number of nitrogens with two attached hydrogens (primary N) is 1. The van der Waals surface area contributed by atoms with Gasteiger partial charge in [0, 0.05) is 28.8 Å². The maximum atomic E-state index is 12.5. The van der Waals surface area contributed by atoms with Gasteiger partial charge in [0.1, 0.15) is 0 Å². The fourth-order valence-electron chi connectivity index (χ4n) is 1.83. The molecule has 0 fully saturated rings. The number of rotatable bonds is 4. The van der Waals surface area contributed by atoms with Crippen molar-refractivity contribution < 1.29 is 8.42 Å². The first-order chi connectivity index (χ1) is 9.80. The van der Waals surface area contributed by atoms with Gasteiger partial charge in [0.15, 0.2) is 0 Å². The van der Waals surface area contributed by atoms with Gasteiger partial charge in [-0.1, -0.05) is 23.7 Å².